The quantitative estimate of drug-likeness (QED) is 0.885. The summed E-state index contributed by atoms with van der Waals surface area (Å²) in [6.07, 6.45) is 4.77. The summed E-state index contributed by atoms with van der Waals surface area (Å²) in [6.45, 7) is 10.1. The van der Waals surface area contributed by atoms with E-state index in [0.717, 1.165) is 18.8 Å². The summed E-state index contributed by atoms with van der Waals surface area (Å²) in [5.74, 6) is 0. The number of likely N-dealkylation sites (N-methyl/N-ethyl adjacent to an activating group) is 1. The van der Waals surface area contributed by atoms with E-state index in [9.17, 15) is 0 Å². The number of hydrogen-bond acceptors (Lipinski definition) is 3. The second-order valence-corrected chi connectivity index (χ2v) is 5.35. The summed E-state index contributed by atoms with van der Waals surface area (Å²) in [7, 11) is 2.00. The first-order valence-electron chi connectivity index (χ1n) is 7.10. The number of nitrogens with zero attached hydrogens (tertiary/aromatic N) is 3. The Morgan fingerprint density at radius 2 is 2.39 bits per heavy atom. The van der Waals surface area contributed by atoms with Gasteiger partial charge in [-0.25, -0.2) is 0 Å². The predicted molar refractivity (Wildman–Crippen MR) is 74.6 cm³/mol. The van der Waals surface area contributed by atoms with E-state index >= 15 is 0 Å². The van der Waals surface area contributed by atoms with E-state index in [1.54, 1.807) is 0 Å². The Labute approximate surface area is 110 Å². The highest BCUT2D eigenvalue weighted by Gasteiger charge is 2.26. The van der Waals surface area contributed by atoms with Crippen LogP contribution in [0.5, 0.6) is 0 Å². The Balaban J connectivity index is 2.13. The topological polar surface area (TPSA) is 33.1 Å². The second-order valence-electron chi connectivity index (χ2n) is 5.35. The molecule has 0 bridgehead atoms. The third kappa shape index (κ3) is 2.75. The molecule has 2 unspecified atom stereocenters. The molecule has 0 saturated carbocycles. The van der Waals surface area contributed by atoms with Crippen molar-refractivity contribution in [3.8, 4) is 0 Å². The van der Waals surface area contributed by atoms with Crippen LogP contribution in [0.2, 0.25) is 0 Å². The van der Waals surface area contributed by atoms with Gasteiger partial charge in [-0.05, 0) is 39.8 Å². The highest BCUT2D eigenvalue weighted by atomic mass is 15.3. The fraction of sp³-hybridized carbons (Fsp3) is 0.786. The van der Waals surface area contributed by atoms with Gasteiger partial charge in [-0.1, -0.05) is 6.92 Å². The highest BCUT2D eigenvalue weighted by molar-refractivity contribution is 5.19. The maximum absolute atomic E-state index is 4.47. The van der Waals surface area contributed by atoms with Crippen LogP contribution in [0.15, 0.2) is 6.20 Å². The monoisotopic (exact) mass is 250 g/mol. The fourth-order valence-corrected chi connectivity index (χ4v) is 3.17. The summed E-state index contributed by atoms with van der Waals surface area (Å²) < 4.78 is 1.92. The van der Waals surface area contributed by atoms with E-state index in [2.05, 4.69) is 42.3 Å². The molecule has 4 nitrogen and oxygen atoms in total. The molecule has 0 amide bonds. The molecule has 0 aromatic carbocycles. The zero-order valence-electron chi connectivity index (χ0n) is 12.1. The molecule has 102 valence electrons. The molecular formula is C14H26N4. The van der Waals surface area contributed by atoms with Gasteiger partial charge < -0.3 is 5.32 Å². The van der Waals surface area contributed by atoms with Crippen LogP contribution in [-0.4, -0.2) is 40.4 Å². The van der Waals surface area contributed by atoms with Crippen molar-refractivity contribution in [2.75, 3.05) is 19.6 Å². The van der Waals surface area contributed by atoms with Crippen molar-refractivity contribution in [2.45, 2.75) is 45.7 Å². The van der Waals surface area contributed by atoms with Crippen LogP contribution in [0.3, 0.4) is 0 Å². The number of nitrogens with one attached hydrogen (secondary N) is 1. The molecule has 1 aliphatic heterocycles. The van der Waals surface area contributed by atoms with E-state index in [1.165, 1.54) is 24.9 Å². The standard InChI is InChI=1S/C14H26N4/c1-5-18(13-7-6-8-15-9-13)12(3)14-10-17(4)16-11(14)2/h10,12-13,15H,5-9H2,1-4H3. The first kappa shape index (κ1) is 13.6. The molecule has 2 atom stereocenters. The number of rotatable bonds is 4. The molecule has 2 rings (SSSR count). The molecule has 0 aliphatic carbocycles. The van der Waals surface area contributed by atoms with Gasteiger partial charge in [-0.3, -0.25) is 9.58 Å². The van der Waals surface area contributed by atoms with Crippen LogP contribution >= 0.6 is 0 Å². The van der Waals surface area contributed by atoms with Gasteiger partial charge in [0.1, 0.15) is 0 Å². The summed E-state index contributed by atoms with van der Waals surface area (Å²) in [6, 6.07) is 1.12. The van der Waals surface area contributed by atoms with Crippen LogP contribution in [0.1, 0.15) is 44.0 Å². The minimum atomic E-state index is 0.452. The van der Waals surface area contributed by atoms with Crippen LogP contribution < -0.4 is 5.32 Å². The largest absolute Gasteiger partial charge is 0.315 e. The predicted octanol–water partition coefficient (Wildman–Crippen LogP) is 1.86. The third-order valence-electron chi connectivity index (χ3n) is 4.10. The lowest BCUT2D eigenvalue weighted by molar-refractivity contribution is 0.127. The molecule has 0 radical (unpaired) electrons. The van der Waals surface area contributed by atoms with Crippen LogP contribution in [-0.2, 0) is 7.05 Å². The molecule has 18 heavy (non-hydrogen) atoms. The smallest absolute Gasteiger partial charge is 0.0641 e. The van der Waals surface area contributed by atoms with Gasteiger partial charge >= 0.3 is 0 Å². The Kier molecular flexibility index (Phi) is 4.40. The molecule has 0 spiro atoms. The molecule has 1 N–H and O–H groups in total. The summed E-state index contributed by atoms with van der Waals surface area (Å²) in [5.41, 5.74) is 2.53. The second kappa shape index (κ2) is 5.85. The van der Waals surface area contributed by atoms with Crippen molar-refractivity contribution in [1.82, 2.24) is 20.0 Å². The summed E-state index contributed by atoms with van der Waals surface area (Å²) >= 11 is 0. The lowest BCUT2D eigenvalue weighted by Gasteiger charge is -2.38. The fourth-order valence-electron chi connectivity index (χ4n) is 3.17. The van der Waals surface area contributed by atoms with Gasteiger partial charge in [-0.2, -0.15) is 5.10 Å². The van der Waals surface area contributed by atoms with Crippen molar-refractivity contribution < 1.29 is 0 Å². The number of piperidine rings is 1. The van der Waals surface area contributed by atoms with E-state index in [1.807, 2.05) is 11.7 Å². The van der Waals surface area contributed by atoms with Crippen molar-refractivity contribution in [2.24, 2.45) is 7.05 Å². The van der Waals surface area contributed by atoms with Gasteiger partial charge in [-0.15, -0.1) is 0 Å². The Morgan fingerprint density at radius 3 is 2.89 bits per heavy atom. The van der Waals surface area contributed by atoms with Crippen molar-refractivity contribution in [1.29, 1.82) is 0 Å². The Morgan fingerprint density at radius 1 is 1.61 bits per heavy atom. The van der Waals surface area contributed by atoms with Gasteiger partial charge in [0, 0.05) is 37.4 Å². The minimum Gasteiger partial charge on any atom is -0.315 e. The van der Waals surface area contributed by atoms with Crippen LogP contribution in [0, 0.1) is 6.92 Å². The first-order valence-corrected chi connectivity index (χ1v) is 7.10. The highest BCUT2D eigenvalue weighted by Crippen LogP contribution is 2.26. The Hall–Kier alpha value is -0.870. The first-order chi connectivity index (χ1) is 8.63. The lowest BCUT2D eigenvalue weighted by atomic mass is 10.0. The molecule has 2 heterocycles. The molecule has 4 heteroatoms. The lowest BCUT2D eigenvalue weighted by Crippen LogP contribution is -2.46. The van der Waals surface area contributed by atoms with Gasteiger partial charge in [0.05, 0.1) is 5.69 Å². The molecule has 1 aromatic heterocycles. The number of aromatic nitrogens is 2. The van der Waals surface area contributed by atoms with E-state index in [4.69, 9.17) is 0 Å². The average Bonchev–Trinajstić information content (AvgIpc) is 2.70. The molecule has 1 aromatic rings. The van der Waals surface area contributed by atoms with Crippen molar-refractivity contribution in [3.63, 3.8) is 0 Å². The molecule has 1 fully saturated rings. The molecule has 1 saturated heterocycles. The third-order valence-corrected chi connectivity index (χ3v) is 4.10. The summed E-state index contributed by atoms with van der Waals surface area (Å²) in [5, 5.41) is 7.98. The normalized spacial score (nSPS) is 22.4. The van der Waals surface area contributed by atoms with Gasteiger partial charge in [0.25, 0.3) is 0 Å². The van der Waals surface area contributed by atoms with Crippen LogP contribution in [0.25, 0.3) is 0 Å². The van der Waals surface area contributed by atoms with Gasteiger partial charge in [0.2, 0.25) is 0 Å². The SMILES string of the molecule is CCN(C1CCCNC1)C(C)c1cn(C)nc1C. The molecular weight excluding hydrogens is 224 g/mol. The Bertz CT molecular complexity index is 379. The van der Waals surface area contributed by atoms with Crippen LogP contribution in [0.4, 0.5) is 0 Å². The van der Waals surface area contributed by atoms with Crippen molar-refractivity contribution >= 4 is 0 Å². The summed E-state index contributed by atoms with van der Waals surface area (Å²) in [4.78, 5) is 2.61. The zero-order valence-corrected chi connectivity index (χ0v) is 12.1. The van der Waals surface area contributed by atoms with E-state index < -0.39 is 0 Å². The number of hydrogen-bond donors (Lipinski definition) is 1. The zero-order chi connectivity index (χ0) is 13.1. The minimum absolute atomic E-state index is 0.452. The van der Waals surface area contributed by atoms with E-state index in [0.29, 0.717) is 12.1 Å². The maximum atomic E-state index is 4.47. The number of aryl methyl sites for hydroxylation is 2. The molecule has 1 aliphatic rings. The van der Waals surface area contributed by atoms with Crippen molar-refractivity contribution in [3.05, 3.63) is 17.5 Å². The average molecular weight is 250 g/mol. The maximum Gasteiger partial charge on any atom is 0.0641 e. The van der Waals surface area contributed by atoms with Gasteiger partial charge in [0.15, 0.2) is 0 Å². The van der Waals surface area contributed by atoms with E-state index in [-0.39, 0.29) is 0 Å².